The van der Waals surface area contributed by atoms with E-state index in [2.05, 4.69) is 17.5 Å². The second kappa shape index (κ2) is 20.5. The van der Waals surface area contributed by atoms with Crippen LogP contribution in [0.15, 0.2) is 47.6 Å². The molecule has 2 aromatic rings. The van der Waals surface area contributed by atoms with Crippen molar-refractivity contribution in [1.29, 1.82) is 0 Å². The average molecular weight is 553 g/mol. The molecule has 0 aliphatic heterocycles. The Morgan fingerprint density at radius 2 is 1.40 bits per heavy atom. The van der Waals surface area contributed by atoms with Crippen molar-refractivity contribution in [3.63, 3.8) is 0 Å². The summed E-state index contributed by atoms with van der Waals surface area (Å²) < 4.78 is 16.8. The Bertz CT molecular complexity index is 1020. The zero-order valence-corrected chi connectivity index (χ0v) is 24.7. The molecule has 0 aromatic heterocycles. The summed E-state index contributed by atoms with van der Waals surface area (Å²) in [5.74, 6) is 0.877. The third-order valence-electron chi connectivity index (χ3n) is 6.44. The Hall–Kier alpha value is -3.35. The van der Waals surface area contributed by atoms with Gasteiger partial charge in [-0.25, -0.2) is 10.2 Å². The summed E-state index contributed by atoms with van der Waals surface area (Å²) >= 11 is 0. The van der Waals surface area contributed by atoms with Gasteiger partial charge in [0.15, 0.2) is 11.5 Å². The van der Waals surface area contributed by atoms with Crippen molar-refractivity contribution < 1.29 is 23.8 Å². The van der Waals surface area contributed by atoms with E-state index in [-0.39, 0.29) is 5.91 Å². The molecule has 0 aliphatic carbocycles. The van der Waals surface area contributed by atoms with Crippen LogP contribution in [0.5, 0.6) is 17.2 Å². The van der Waals surface area contributed by atoms with Gasteiger partial charge in [0.05, 0.1) is 25.0 Å². The lowest BCUT2D eigenvalue weighted by atomic mass is 10.1. The molecule has 0 bridgehead atoms. The van der Waals surface area contributed by atoms with E-state index in [4.69, 9.17) is 14.2 Å². The smallest absolute Gasteiger partial charge is 0.343 e. The van der Waals surface area contributed by atoms with Gasteiger partial charge in [-0.1, -0.05) is 78.1 Å². The zero-order valence-electron chi connectivity index (χ0n) is 24.7. The van der Waals surface area contributed by atoms with Crippen molar-refractivity contribution >= 4 is 18.1 Å². The molecule has 7 heteroatoms. The van der Waals surface area contributed by atoms with Crippen LogP contribution in [0, 0.1) is 0 Å². The molecule has 2 rings (SSSR count). The zero-order chi connectivity index (χ0) is 28.8. The van der Waals surface area contributed by atoms with Crippen molar-refractivity contribution in [1.82, 2.24) is 5.43 Å². The van der Waals surface area contributed by atoms with Crippen molar-refractivity contribution in [3.05, 3.63) is 53.6 Å². The maximum Gasteiger partial charge on any atom is 0.343 e. The minimum Gasteiger partial charge on any atom is -0.494 e. The van der Waals surface area contributed by atoms with Gasteiger partial charge in [-0.2, -0.15) is 5.10 Å². The van der Waals surface area contributed by atoms with Gasteiger partial charge >= 0.3 is 5.97 Å². The second-order valence-electron chi connectivity index (χ2n) is 9.98. The van der Waals surface area contributed by atoms with Crippen LogP contribution in [-0.2, 0) is 4.79 Å². The van der Waals surface area contributed by atoms with Gasteiger partial charge < -0.3 is 14.2 Å². The number of rotatable bonds is 21. The number of hydrogen-bond donors (Lipinski definition) is 1. The first kappa shape index (κ1) is 32.9. The Balaban J connectivity index is 1.73. The van der Waals surface area contributed by atoms with Crippen LogP contribution in [-0.4, -0.2) is 31.3 Å². The number of unbranched alkanes of at least 4 members (excludes halogenated alkanes) is 10. The number of benzene rings is 2. The number of hydrazone groups is 1. The molecule has 40 heavy (non-hydrogen) atoms. The fourth-order valence-corrected chi connectivity index (χ4v) is 4.21. The molecule has 0 heterocycles. The van der Waals surface area contributed by atoms with Crippen LogP contribution in [0.25, 0.3) is 0 Å². The molecular weight excluding hydrogens is 504 g/mol. The highest BCUT2D eigenvalue weighted by Crippen LogP contribution is 2.29. The fourth-order valence-electron chi connectivity index (χ4n) is 4.21. The van der Waals surface area contributed by atoms with Gasteiger partial charge in [-0.15, -0.1) is 0 Å². The second-order valence-corrected chi connectivity index (χ2v) is 9.98. The molecule has 0 aliphatic rings. The summed E-state index contributed by atoms with van der Waals surface area (Å²) in [5, 5.41) is 4.08. The SMILES string of the molecule is CCCCCCCCCCCCCC(=O)N/N=C/c1ccc(OC(=O)c2ccc(OCCC)cc2)c(OCC)c1. The molecule has 0 fully saturated rings. The number of ether oxygens (including phenoxy) is 3. The Morgan fingerprint density at radius 1 is 0.750 bits per heavy atom. The highest BCUT2D eigenvalue weighted by molar-refractivity contribution is 5.91. The van der Waals surface area contributed by atoms with Crippen LogP contribution in [0.2, 0.25) is 0 Å². The van der Waals surface area contributed by atoms with Gasteiger partial charge in [-0.05, 0) is 67.8 Å². The molecular formula is C33H48N2O5. The van der Waals surface area contributed by atoms with Crippen molar-refractivity contribution in [2.24, 2.45) is 5.10 Å². The van der Waals surface area contributed by atoms with E-state index in [0.717, 1.165) is 24.8 Å². The number of carbonyl (C=O) groups excluding carboxylic acids is 2. The monoisotopic (exact) mass is 552 g/mol. The van der Waals surface area contributed by atoms with E-state index in [1.165, 1.54) is 57.8 Å². The summed E-state index contributed by atoms with van der Waals surface area (Å²) in [6.07, 6.45) is 16.7. The standard InChI is InChI=1S/C33H48N2O5/c1-4-7-8-9-10-11-12-13-14-15-16-17-32(36)35-34-26-27-18-23-30(31(25-27)38-6-3)40-33(37)28-19-21-29(22-20-28)39-24-5-2/h18-23,25-26H,4-17,24H2,1-3H3,(H,35,36)/b34-26+. The maximum absolute atomic E-state index is 12.7. The van der Waals surface area contributed by atoms with Gasteiger partial charge in [0.25, 0.3) is 0 Å². The fraction of sp³-hybridized carbons (Fsp3) is 0.545. The number of carbonyl (C=O) groups is 2. The first-order chi connectivity index (χ1) is 19.6. The number of amides is 1. The van der Waals surface area contributed by atoms with Crippen LogP contribution in [0.4, 0.5) is 0 Å². The lowest BCUT2D eigenvalue weighted by Crippen LogP contribution is -2.16. The Morgan fingerprint density at radius 3 is 2.02 bits per heavy atom. The van der Waals surface area contributed by atoms with E-state index in [0.29, 0.717) is 42.4 Å². The van der Waals surface area contributed by atoms with Gasteiger partial charge in [0.1, 0.15) is 5.75 Å². The highest BCUT2D eigenvalue weighted by atomic mass is 16.6. The number of nitrogens with one attached hydrogen (secondary N) is 1. The van der Waals surface area contributed by atoms with Crippen molar-refractivity contribution in [3.8, 4) is 17.2 Å². The molecule has 7 nitrogen and oxygen atoms in total. The lowest BCUT2D eigenvalue weighted by Gasteiger charge is -2.12. The summed E-state index contributed by atoms with van der Waals surface area (Å²) in [5.41, 5.74) is 3.73. The predicted octanol–water partition coefficient (Wildman–Crippen LogP) is 8.24. The maximum atomic E-state index is 12.7. The van der Waals surface area contributed by atoms with E-state index in [1.54, 1.807) is 48.7 Å². The van der Waals surface area contributed by atoms with E-state index in [9.17, 15) is 9.59 Å². The van der Waals surface area contributed by atoms with E-state index >= 15 is 0 Å². The summed E-state index contributed by atoms with van der Waals surface area (Å²) in [7, 11) is 0. The average Bonchev–Trinajstić information content (AvgIpc) is 2.96. The predicted molar refractivity (Wildman–Crippen MR) is 162 cm³/mol. The molecule has 0 saturated carbocycles. The van der Waals surface area contributed by atoms with Crippen LogP contribution >= 0.6 is 0 Å². The number of esters is 1. The quantitative estimate of drug-likeness (QED) is 0.0554. The Labute approximate surface area is 240 Å². The summed E-state index contributed by atoms with van der Waals surface area (Å²) in [4.78, 5) is 24.8. The normalized spacial score (nSPS) is 11.0. The van der Waals surface area contributed by atoms with Crippen LogP contribution in [0.1, 0.15) is 120 Å². The molecule has 0 unspecified atom stereocenters. The minimum atomic E-state index is -0.487. The molecule has 0 radical (unpaired) electrons. The molecule has 0 saturated heterocycles. The first-order valence-corrected chi connectivity index (χ1v) is 15.1. The van der Waals surface area contributed by atoms with Crippen LogP contribution < -0.4 is 19.6 Å². The van der Waals surface area contributed by atoms with E-state index < -0.39 is 5.97 Å². The van der Waals surface area contributed by atoms with Gasteiger partial charge in [0, 0.05) is 6.42 Å². The van der Waals surface area contributed by atoms with Crippen molar-refractivity contribution in [2.75, 3.05) is 13.2 Å². The molecule has 1 N–H and O–H groups in total. The van der Waals surface area contributed by atoms with E-state index in [1.807, 2.05) is 13.8 Å². The third kappa shape index (κ3) is 13.6. The summed E-state index contributed by atoms with van der Waals surface area (Å²) in [6, 6.07) is 12.0. The molecule has 0 spiro atoms. The lowest BCUT2D eigenvalue weighted by molar-refractivity contribution is -0.121. The number of nitrogens with zero attached hydrogens (tertiary/aromatic N) is 1. The Kier molecular flexibility index (Phi) is 16.9. The molecule has 0 atom stereocenters. The van der Waals surface area contributed by atoms with Gasteiger partial charge in [-0.3, -0.25) is 4.79 Å². The number of hydrogen-bond acceptors (Lipinski definition) is 6. The minimum absolute atomic E-state index is 0.0890. The largest absolute Gasteiger partial charge is 0.494 e. The highest BCUT2D eigenvalue weighted by Gasteiger charge is 2.13. The molecule has 1 amide bonds. The molecule has 220 valence electrons. The third-order valence-corrected chi connectivity index (χ3v) is 6.44. The first-order valence-electron chi connectivity index (χ1n) is 15.1. The van der Waals surface area contributed by atoms with Gasteiger partial charge in [0.2, 0.25) is 5.91 Å². The topological polar surface area (TPSA) is 86.2 Å². The summed E-state index contributed by atoms with van der Waals surface area (Å²) in [6.45, 7) is 7.17. The van der Waals surface area contributed by atoms with Crippen LogP contribution in [0.3, 0.4) is 0 Å². The molecule has 2 aromatic carbocycles. The van der Waals surface area contributed by atoms with Crippen molar-refractivity contribution in [2.45, 2.75) is 104 Å².